The number of aromatic amines is 1. The highest BCUT2D eigenvalue weighted by Crippen LogP contribution is 2.27. The fourth-order valence-corrected chi connectivity index (χ4v) is 4.43. The van der Waals surface area contributed by atoms with Gasteiger partial charge in [-0.3, -0.25) is 4.79 Å². The minimum absolute atomic E-state index is 0.0117. The lowest BCUT2D eigenvalue weighted by Gasteiger charge is -2.09. The molecule has 0 aromatic carbocycles. The first-order valence-corrected chi connectivity index (χ1v) is 7.85. The zero-order valence-corrected chi connectivity index (χ0v) is 10.9. The summed E-state index contributed by atoms with van der Waals surface area (Å²) in [4.78, 5) is 19.2. The Kier molecular flexibility index (Phi) is 2.56. The van der Waals surface area contributed by atoms with E-state index >= 15 is 0 Å². The van der Waals surface area contributed by atoms with Gasteiger partial charge in [-0.05, 0) is 13.3 Å². The van der Waals surface area contributed by atoms with Crippen molar-refractivity contribution < 1.29 is 8.42 Å². The van der Waals surface area contributed by atoms with Gasteiger partial charge >= 0.3 is 0 Å². The number of hydrogen-bond donors (Lipinski definition) is 2. The summed E-state index contributed by atoms with van der Waals surface area (Å²) >= 11 is 0. The van der Waals surface area contributed by atoms with Gasteiger partial charge in [0, 0.05) is 18.5 Å². The van der Waals surface area contributed by atoms with Crippen molar-refractivity contribution in [2.75, 3.05) is 11.5 Å². The van der Waals surface area contributed by atoms with Crippen LogP contribution in [0, 0.1) is 0 Å². The van der Waals surface area contributed by atoms with E-state index in [0.717, 1.165) is 5.69 Å². The van der Waals surface area contributed by atoms with E-state index in [9.17, 15) is 13.2 Å². The normalized spacial score (nSPS) is 29.4. The fourth-order valence-electron chi connectivity index (χ4n) is 2.69. The van der Waals surface area contributed by atoms with E-state index in [-0.39, 0.29) is 29.0 Å². The summed E-state index contributed by atoms with van der Waals surface area (Å²) in [7, 11) is -2.96. The molecule has 98 valence electrons. The quantitative estimate of drug-likeness (QED) is 0.739. The minimum Gasteiger partial charge on any atom is -0.310 e. The highest BCUT2D eigenvalue weighted by Gasteiger charge is 2.32. The van der Waals surface area contributed by atoms with Gasteiger partial charge in [-0.1, -0.05) is 0 Å². The highest BCUT2D eigenvalue weighted by atomic mass is 32.2. The molecule has 1 aromatic heterocycles. The van der Waals surface area contributed by atoms with E-state index in [1.807, 2.05) is 6.92 Å². The summed E-state index contributed by atoms with van der Waals surface area (Å²) in [6.45, 7) is 2.50. The van der Waals surface area contributed by atoms with E-state index in [1.165, 1.54) is 0 Å². The van der Waals surface area contributed by atoms with Crippen LogP contribution in [0.4, 0.5) is 0 Å². The van der Waals surface area contributed by atoms with Crippen molar-refractivity contribution in [3.05, 3.63) is 27.4 Å². The van der Waals surface area contributed by atoms with Crippen LogP contribution in [0.3, 0.4) is 0 Å². The molecule has 2 atom stereocenters. The summed E-state index contributed by atoms with van der Waals surface area (Å²) in [5.41, 5.74) is 1.29. The Morgan fingerprint density at radius 2 is 2.17 bits per heavy atom. The average molecular weight is 269 g/mol. The zero-order chi connectivity index (χ0) is 12.9. The Bertz CT molecular complexity index is 650. The molecule has 0 saturated carbocycles. The maximum atomic E-state index is 12.0. The van der Waals surface area contributed by atoms with Crippen LogP contribution in [0.5, 0.6) is 0 Å². The Hall–Kier alpha value is -1.21. The number of hydrogen-bond acceptors (Lipinski definition) is 5. The molecule has 2 N–H and O–H groups in total. The second kappa shape index (κ2) is 3.89. The van der Waals surface area contributed by atoms with E-state index < -0.39 is 9.84 Å². The van der Waals surface area contributed by atoms with Crippen molar-refractivity contribution in [2.24, 2.45) is 0 Å². The predicted octanol–water partition coefficient (Wildman–Crippen LogP) is -0.164. The smallest absolute Gasteiger partial charge is 0.255 e. The third-order valence-electron chi connectivity index (χ3n) is 3.68. The third-order valence-corrected chi connectivity index (χ3v) is 5.45. The lowest BCUT2D eigenvalue weighted by molar-refractivity contribution is 0.601. The van der Waals surface area contributed by atoms with Gasteiger partial charge in [0.15, 0.2) is 9.84 Å². The molecular weight excluding hydrogens is 254 g/mol. The molecule has 0 amide bonds. The van der Waals surface area contributed by atoms with E-state index in [2.05, 4.69) is 15.3 Å². The predicted molar refractivity (Wildman–Crippen MR) is 66.1 cm³/mol. The summed E-state index contributed by atoms with van der Waals surface area (Å²) in [6.07, 6.45) is 0.549. The van der Waals surface area contributed by atoms with Gasteiger partial charge in [-0.25, -0.2) is 13.4 Å². The lowest BCUT2D eigenvalue weighted by Crippen LogP contribution is -2.21. The van der Waals surface area contributed by atoms with Gasteiger partial charge in [0.05, 0.1) is 22.8 Å². The second-order valence-electron chi connectivity index (χ2n) is 5.01. The van der Waals surface area contributed by atoms with Crippen LogP contribution in [0.1, 0.15) is 42.4 Å². The Labute approximate surface area is 105 Å². The van der Waals surface area contributed by atoms with Gasteiger partial charge in [-0.15, -0.1) is 0 Å². The van der Waals surface area contributed by atoms with Crippen molar-refractivity contribution >= 4 is 9.84 Å². The molecule has 0 radical (unpaired) electrons. The molecular formula is C11H15N3O3S. The molecule has 1 saturated heterocycles. The van der Waals surface area contributed by atoms with E-state index in [4.69, 9.17) is 0 Å². The maximum absolute atomic E-state index is 12.0. The first-order chi connectivity index (χ1) is 8.46. The number of rotatable bonds is 1. The van der Waals surface area contributed by atoms with Gasteiger partial charge in [0.2, 0.25) is 0 Å². The van der Waals surface area contributed by atoms with Crippen LogP contribution in [0.15, 0.2) is 4.79 Å². The molecule has 0 spiro atoms. The molecule has 0 bridgehead atoms. The molecule has 0 aliphatic carbocycles. The summed E-state index contributed by atoms with van der Waals surface area (Å²) in [5.74, 6) is 0.643. The standard InChI is InChI=1S/C11H15N3O3S/c1-6-9-8(4-12-6)13-10(14-11(9)15)7-2-3-18(16,17)5-7/h6-7,12H,2-5H2,1H3,(H,13,14,15). The Morgan fingerprint density at radius 3 is 2.83 bits per heavy atom. The third kappa shape index (κ3) is 1.87. The Balaban J connectivity index is 2.01. The monoisotopic (exact) mass is 269 g/mol. The number of fused-ring (bicyclic) bond motifs is 1. The number of nitrogens with zero attached hydrogens (tertiary/aromatic N) is 1. The second-order valence-corrected chi connectivity index (χ2v) is 7.24. The van der Waals surface area contributed by atoms with Crippen LogP contribution in [-0.2, 0) is 16.4 Å². The van der Waals surface area contributed by atoms with E-state index in [0.29, 0.717) is 24.4 Å². The van der Waals surface area contributed by atoms with Crippen molar-refractivity contribution in [3.63, 3.8) is 0 Å². The van der Waals surface area contributed by atoms with Gasteiger partial charge in [0.1, 0.15) is 5.82 Å². The number of H-pyrrole nitrogens is 1. The van der Waals surface area contributed by atoms with Crippen molar-refractivity contribution in [2.45, 2.75) is 31.8 Å². The van der Waals surface area contributed by atoms with Crippen LogP contribution in [0.2, 0.25) is 0 Å². The number of nitrogens with one attached hydrogen (secondary N) is 2. The molecule has 1 fully saturated rings. The summed E-state index contributed by atoms with van der Waals surface area (Å²) < 4.78 is 22.9. The maximum Gasteiger partial charge on any atom is 0.255 e. The molecule has 3 heterocycles. The zero-order valence-electron chi connectivity index (χ0n) is 10.1. The molecule has 1 aromatic rings. The number of aromatic nitrogens is 2. The van der Waals surface area contributed by atoms with Crippen molar-refractivity contribution in [1.29, 1.82) is 0 Å². The molecule has 2 unspecified atom stereocenters. The number of sulfone groups is 1. The molecule has 2 aliphatic heterocycles. The Morgan fingerprint density at radius 1 is 1.39 bits per heavy atom. The fraction of sp³-hybridized carbons (Fsp3) is 0.636. The highest BCUT2D eigenvalue weighted by molar-refractivity contribution is 7.91. The largest absolute Gasteiger partial charge is 0.310 e. The lowest BCUT2D eigenvalue weighted by atomic mass is 10.1. The van der Waals surface area contributed by atoms with Crippen LogP contribution in [0.25, 0.3) is 0 Å². The molecule has 18 heavy (non-hydrogen) atoms. The average Bonchev–Trinajstić information content (AvgIpc) is 2.82. The SMILES string of the molecule is CC1NCc2nc(C3CCS(=O)(=O)C3)[nH]c(=O)c21. The minimum atomic E-state index is -2.96. The van der Waals surface area contributed by atoms with Crippen LogP contribution >= 0.6 is 0 Å². The molecule has 2 aliphatic rings. The first kappa shape index (κ1) is 11.9. The van der Waals surface area contributed by atoms with E-state index in [1.54, 1.807) is 0 Å². The van der Waals surface area contributed by atoms with Crippen LogP contribution < -0.4 is 10.9 Å². The van der Waals surface area contributed by atoms with Crippen LogP contribution in [-0.4, -0.2) is 29.9 Å². The van der Waals surface area contributed by atoms with Crippen molar-refractivity contribution in [1.82, 2.24) is 15.3 Å². The first-order valence-electron chi connectivity index (χ1n) is 6.03. The van der Waals surface area contributed by atoms with Gasteiger partial charge in [0.25, 0.3) is 5.56 Å². The van der Waals surface area contributed by atoms with Gasteiger partial charge in [-0.2, -0.15) is 0 Å². The molecule has 6 nitrogen and oxygen atoms in total. The summed E-state index contributed by atoms with van der Waals surface area (Å²) in [6, 6.07) is 0.0117. The topological polar surface area (TPSA) is 91.9 Å². The van der Waals surface area contributed by atoms with Gasteiger partial charge < -0.3 is 10.3 Å². The molecule has 3 rings (SSSR count). The van der Waals surface area contributed by atoms with Crippen molar-refractivity contribution in [3.8, 4) is 0 Å². The molecule has 7 heteroatoms. The summed E-state index contributed by atoms with van der Waals surface area (Å²) in [5, 5.41) is 3.16.